The van der Waals surface area contributed by atoms with Gasteiger partial charge < -0.3 is 14.8 Å². The number of imidazole rings is 1. The van der Waals surface area contributed by atoms with E-state index in [0.29, 0.717) is 5.82 Å². The van der Waals surface area contributed by atoms with Crippen molar-refractivity contribution >= 4 is 0 Å². The average Bonchev–Trinajstić information content (AvgIpc) is 2.78. The molecule has 0 saturated carbocycles. The van der Waals surface area contributed by atoms with Crippen LogP contribution in [0, 0.1) is 0 Å². The minimum atomic E-state index is -0.954. The number of ether oxygens (including phenoxy) is 1. The minimum Gasteiger partial charge on any atom is -0.497 e. The molecule has 4 nitrogen and oxygen atoms in total. The van der Waals surface area contributed by atoms with Crippen LogP contribution < -0.4 is 4.74 Å². The van der Waals surface area contributed by atoms with Crippen LogP contribution in [0.1, 0.15) is 19.7 Å². The van der Waals surface area contributed by atoms with Crippen molar-refractivity contribution in [2.75, 3.05) is 7.11 Å². The molecule has 0 aliphatic heterocycles. The van der Waals surface area contributed by atoms with Gasteiger partial charge in [0.25, 0.3) is 0 Å². The van der Waals surface area contributed by atoms with Crippen LogP contribution in [-0.4, -0.2) is 22.2 Å². The van der Waals surface area contributed by atoms with Crippen molar-refractivity contribution in [1.29, 1.82) is 0 Å². The molecule has 0 radical (unpaired) electrons. The molecule has 0 bridgehead atoms. The predicted molar refractivity (Wildman–Crippen MR) is 65.8 cm³/mol. The molecule has 0 fully saturated rings. The van der Waals surface area contributed by atoms with Crippen molar-refractivity contribution in [1.82, 2.24) is 9.97 Å². The molecule has 4 heteroatoms. The Labute approximate surface area is 100 Å². The number of aliphatic hydroxyl groups is 1. The highest BCUT2D eigenvalue weighted by Gasteiger charge is 2.19. The molecule has 0 atom stereocenters. The molecule has 1 aromatic heterocycles. The molecule has 2 N–H and O–H groups in total. The van der Waals surface area contributed by atoms with E-state index in [9.17, 15) is 5.11 Å². The molecular formula is C13H16N2O2. The molecule has 2 rings (SSSR count). The third-order valence-electron chi connectivity index (χ3n) is 2.56. The van der Waals surface area contributed by atoms with E-state index < -0.39 is 5.60 Å². The van der Waals surface area contributed by atoms with Gasteiger partial charge in [0, 0.05) is 0 Å². The minimum absolute atomic E-state index is 0.559. The first kappa shape index (κ1) is 11.7. The maximum atomic E-state index is 9.82. The lowest BCUT2D eigenvalue weighted by Gasteiger charge is -2.12. The van der Waals surface area contributed by atoms with Crippen LogP contribution in [0.2, 0.25) is 0 Å². The van der Waals surface area contributed by atoms with Crippen molar-refractivity contribution in [2.45, 2.75) is 19.4 Å². The van der Waals surface area contributed by atoms with E-state index in [2.05, 4.69) is 9.97 Å². The predicted octanol–water partition coefficient (Wildman–Crippen LogP) is 2.31. The summed E-state index contributed by atoms with van der Waals surface area (Å²) < 4.78 is 5.10. The van der Waals surface area contributed by atoms with Crippen LogP contribution in [0.25, 0.3) is 11.3 Å². The van der Waals surface area contributed by atoms with Crippen molar-refractivity contribution in [3.63, 3.8) is 0 Å². The molecule has 0 spiro atoms. The summed E-state index contributed by atoms with van der Waals surface area (Å²) >= 11 is 0. The monoisotopic (exact) mass is 232 g/mol. The summed E-state index contributed by atoms with van der Waals surface area (Å²) in [4.78, 5) is 7.27. The lowest BCUT2D eigenvalue weighted by atomic mass is 10.1. The second-order valence-corrected chi connectivity index (χ2v) is 4.43. The van der Waals surface area contributed by atoms with Gasteiger partial charge in [-0.1, -0.05) is 0 Å². The Bertz CT molecular complexity index is 495. The lowest BCUT2D eigenvalue weighted by molar-refractivity contribution is 0.0697. The molecule has 0 aliphatic carbocycles. The van der Waals surface area contributed by atoms with E-state index in [-0.39, 0.29) is 0 Å². The van der Waals surface area contributed by atoms with E-state index in [1.54, 1.807) is 27.2 Å². The number of benzene rings is 1. The number of rotatable bonds is 3. The second-order valence-electron chi connectivity index (χ2n) is 4.43. The van der Waals surface area contributed by atoms with Crippen LogP contribution >= 0.6 is 0 Å². The number of methoxy groups -OCH3 is 1. The molecule has 0 unspecified atom stereocenters. The first-order chi connectivity index (χ1) is 8.00. The zero-order chi connectivity index (χ0) is 12.5. The van der Waals surface area contributed by atoms with Crippen LogP contribution in [0.15, 0.2) is 30.5 Å². The molecule has 2 aromatic rings. The smallest absolute Gasteiger partial charge is 0.138 e. The van der Waals surface area contributed by atoms with Gasteiger partial charge in [-0.15, -0.1) is 0 Å². The van der Waals surface area contributed by atoms with Crippen LogP contribution in [0.4, 0.5) is 0 Å². The first-order valence-electron chi connectivity index (χ1n) is 5.43. The van der Waals surface area contributed by atoms with E-state index in [4.69, 9.17) is 4.74 Å². The highest BCUT2D eigenvalue weighted by Crippen LogP contribution is 2.23. The van der Waals surface area contributed by atoms with Gasteiger partial charge >= 0.3 is 0 Å². The molecule has 90 valence electrons. The second kappa shape index (κ2) is 4.22. The molecular weight excluding hydrogens is 216 g/mol. The standard InChI is InChI=1S/C13H16N2O2/c1-13(2,16)12-14-8-11(15-12)9-4-6-10(17-3)7-5-9/h4-8,16H,1-3H3,(H,14,15). The Kier molecular flexibility index (Phi) is 2.90. The molecule has 0 saturated heterocycles. The van der Waals surface area contributed by atoms with Crippen molar-refractivity contribution in [2.24, 2.45) is 0 Å². The Morgan fingerprint density at radius 1 is 1.24 bits per heavy atom. The van der Waals surface area contributed by atoms with Gasteiger partial charge in [0.2, 0.25) is 0 Å². The average molecular weight is 232 g/mol. The highest BCUT2D eigenvalue weighted by atomic mass is 16.5. The third-order valence-corrected chi connectivity index (χ3v) is 2.56. The molecule has 1 heterocycles. The number of aromatic nitrogens is 2. The number of hydrogen-bond acceptors (Lipinski definition) is 3. The molecule has 17 heavy (non-hydrogen) atoms. The number of hydrogen-bond donors (Lipinski definition) is 2. The fraction of sp³-hybridized carbons (Fsp3) is 0.308. The van der Waals surface area contributed by atoms with Gasteiger partial charge in [0.05, 0.1) is 19.0 Å². The third kappa shape index (κ3) is 2.47. The lowest BCUT2D eigenvalue weighted by Crippen LogP contribution is -2.17. The number of H-pyrrole nitrogens is 1. The Balaban J connectivity index is 2.30. The maximum Gasteiger partial charge on any atom is 0.138 e. The quantitative estimate of drug-likeness (QED) is 0.853. The molecule has 0 amide bonds. The fourth-order valence-corrected chi connectivity index (χ4v) is 1.55. The summed E-state index contributed by atoms with van der Waals surface area (Å²) in [6, 6.07) is 7.67. The number of nitrogens with one attached hydrogen (secondary N) is 1. The van der Waals surface area contributed by atoms with Crippen molar-refractivity contribution in [3.8, 4) is 17.0 Å². The summed E-state index contributed by atoms with van der Waals surface area (Å²) in [5.41, 5.74) is 0.934. The van der Waals surface area contributed by atoms with Gasteiger partial charge in [-0.25, -0.2) is 4.98 Å². The number of nitrogens with zero attached hydrogens (tertiary/aromatic N) is 1. The van der Waals surface area contributed by atoms with Gasteiger partial charge in [-0.3, -0.25) is 0 Å². The van der Waals surface area contributed by atoms with Gasteiger partial charge in [-0.05, 0) is 43.7 Å². The SMILES string of the molecule is COc1ccc(-c2cnc(C(C)(C)O)[nH]2)cc1. The Morgan fingerprint density at radius 2 is 1.88 bits per heavy atom. The fourth-order valence-electron chi connectivity index (χ4n) is 1.55. The summed E-state index contributed by atoms with van der Waals surface area (Å²) in [5.74, 6) is 1.37. The van der Waals surface area contributed by atoms with Crippen LogP contribution in [0.3, 0.4) is 0 Å². The van der Waals surface area contributed by atoms with Crippen LogP contribution in [-0.2, 0) is 5.60 Å². The van der Waals surface area contributed by atoms with E-state index >= 15 is 0 Å². The first-order valence-corrected chi connectivity index (χ1v) is 5.43. The van der Waals surface area contributed by atoms with Gasteiger partial charge in [-0.2, -0.15) is 0 Å². The van der Waals surface area contributed by atoms with Crippen molar-refractivity contribution < 1.29 is 9.84 Å². The van der Waals surface area contributed by atoms with E-state index in [1.165, 1.54) is 0 Å². The Morgan fingerprint density at radius 3 is 2.35 bits per heavy atom. The normalized spacial score (nSPS) is 11.5. The summed E-state index contributed by atoms with van der Waals surface area (Å²) in [7, 11) is 1.64. The summed E-state index contributed by atoms with van der Waals surface area (Å²) in [5, 5.41) is 9.82. The summed E-state index contributed by atoms with van der Waals surface area (Å²) in [6.45, 7) is 3.40. The summed E-state index contributed by atoms with van der Waals surface area (Å²) in [6.07, 6.45) is 1.72. The molecule has 0 aliphatic rings. The van der Waals surface area contributed by atoms with E-state index in [1.807, 2.05) is 24.3 Å². The topological polar surface area (TPSA) is 58.1 Å². The Hall–Kier alpha value is -1.81. The van der Waals surface area contributed by atoms with Gasteiger partial charge in [0.15, 0.2) is 0 Å². The number of aromatic amines is 1. The molecule has 1 aromatic carbocycles. The highest BCUT2D eigenvalue weighted by molar-refractivity contribution is 5.59. The maximum absolute atomic E-state index is 9.82. The zero-order valence-electron chi connectivity index (χ0n) is 10.2. The van der Waals surface area contributed by atoms with E-state index in [0.717, 1.165) is 17.0 Å². The van der Waals surface area contributed by atoms with Crippen LogP contribution in [0.5, 0.6) is 5.75 Å². The van der Waals surface area contributed by atoms with Gasteiger partial charge in [0.1, 0.15) is 17.2 Å². The largest absolute Gasteiger partial charge is 0.497 e. The zero-order valence-corrected chi connectivity index (χ0v) is 10.2. The van der Waals surface area contributed by atoms with Crippen molar-refractivity contribution in [3.05, 3.63) is 36.3 Å².